The Labute approximate surface area is 139 Å². The van der Waals surface area contributed by atoms with Crippen LogP contribution in [0.1, 0.15) is 65.2 Å². The second-order valence-electron chi connectivity index (χ2n) is 9.43. The minimum absolute atomic E-state index is 0.0797. The van der Waals surface area contributed by atoms with E-state index in [1.807, 2.05) is 0 Å². The van der Waals surface area contributed by atoms with Crippen molar-refractivity contribution in [1.29, 1.82) is 0 Å². The topological polar surface area (TPSA) is 54.4 Å². The predicted octanol–water partition coefficient (Wildman–Crippen LogP) is 3.38. The number of hydrogen-bond donors (Lipinski definition) is 1. The van der Waals surface area contributed by atoms with Crippen molar-refractivity contribution in [3.63, 3.8) is 0 Å². The SMILES string of the molecule is C[C@]12CCC(O)CC1CC[C@@H]1[C@H]2C(=O)C[C@]2(C)C(C=O)CC[C@@H]12. The Kier molecular flexibility index (Phi) is 3.54. The van der Waals surface area contributed by atoms with Crippen LogP contribution in [0.15, 0.2) is 0 Å². The number of ketones is 1. The van der Waals surface area contributed by atoms with E-state index in [-0.39, 0.29) is 28.8 Å². The summed E-state index contributed by atoms with van der Waals surface area (Å²) in [6.07, 6.45) is 8.65. The summed E-state index contributed by atoms with van der Waals surface area (Å²) in [4.78, 5) is 24.7. The Bertz CT molecular complexity index is 529. The first-order valence-corrected chi connectivity index (χ1v) is 9.56. The van der Waals surface area contributed by atoms with Gasteiger partial charge in [0, 0.05) is 18.3 Å². The van der Waals surface area contributed by atoms with Crippen LogP contribution in [-0.2, 0) is 9.59 Å². The molecule has 3 unspecified atom stereocenters. The molecule has 128 valence electrons. The van der Waals surface area contributed by atoms with Crippen molar-refractivity contribution in [3.8, 4) is 0 Å². The van der Waals surface area contributed by atoms with E-state index in [0.717, 1.165) is 51.2 Å². The minimum atomic E-state index is -0.167. The number of carbonyl (C=O) groups is 2. The van der Waals surface area contributed by atoms with Gasteiger partial charge in [0.05, 0.1) is 6.10 Å². The van der Waals surface area contributed by atoms with Gasteiger partial charge in [0.2, 0.25) is 0 Å². The Hall–Kier alpha value is -0.700. The monoisotopic (exact) mass is 318 g/mol. The van der Waals surface area contributed by atoms with Gasteiger partial charge in [-0.15, -0.1) is 0 Å². The zero-order valence-corrected chi connectivity index (χ0v) is 14.5. The van der Waals surface area contributed by atoms with E-state index in [9.17, 15) is 14.7 Å². The summed E-state index contributed by atoms with van der Waals surface area (Å²) < 4.78 is 0. The van der Waals surface area contributed by atoms with Crippen molar-refractivity contribution in [2.75, 3.05) is 0 Å². The van der Waals surface area contributed by atoms with E-state index in [0.29, 0.717) is 30.0 Å². The first kappa shape index (κ1) is 15.8. The molecule has 0 aromatic heterocycles. The quantitative estimate of drug-likeness (QED) is 0.754. The number of carbonyl (C=O) groups excluding carboxylic acids is 2. The minimum Gasteiger partial charge on any atom is -0.393 e. The molecule has 4 rings (SSSR count). The molecule has 23 heavy (non-hydrogen) atoms. The highest BCUT2D eigenvalue weighted by atomic mass is 16.3. The number of aliphatic hydroxyl groups is 1. The highest BCUT2D eigenvalue weighted by Crippen LogP contribution is 2.66. The lowest BCUT2D eigenvalue weighted by Gasteiger charge is -2.59. The Morgan fingerprint density at radius 3 is 2.61 bits per heavy atom. The van der Waals surface area contributed by atoms with Crippen molar-refractivity contribution >= 4 is 12.1 Å². The summed E-state index contributed by atoms with van der Waals surface area (Å²) in [5, 5.41) is 10.1. The largest absolute Gasteiger partial charge is 0.393 e. The van der Waals surface area contributed by atoms with E-state index < -0.39 is 0 Å². The van der Waals surface area contributed by atoms with Crippen molar-refractivity contribution in [2.45, 2.75) is 71.3 Å². The number of rotatable bonds is 1. The Balaban J connectivity index is 1.69. The van der Waals surface area contributed by atoms with Gasteiger partial charge in [-0.3, -0.25) is 4.79 Å². The van der Waals surface area contributed by atoms with Crippen molar-refractivity contribution in [2.24, 2.45) is 40.4 Å². The molecule has 8 atom stereocenters. The molecule has 0 amide bonds. The lowest BCUT2D eigenvalue weighted by Crippen LogP contribution is -2.57. The highest BCUT2D eigenvalue weighted by Gasteiger charge is 2.63. The van der Waals surface area contributed by atoms with E-state index in [4.69, 9.17) is 0 Å². The number of aliphatic hydroxyl groups excluding tert-OH is 1. The van der Waals surface area contributed by atoms with Crippen molar-refractivity contribution in [3.05, 3.63) is 0 Å². The molecule has 4 aliphatic rings. The van der Waals surface area contributed by atoms with E-state index in [1.165, 1.54) is 0 Å². The van der Waals surface area contributed by atoms with Gasteiger partial charge in [-0.25, -0.2) is 0 Å². The maximum atomic E-state index is 13.2. The second kappa shape index (κ2) is 5.15. The molecule has 0 radical (unpaired) electrons. The molecular formula is C20H30O3. The molecule has 3 nitrogen and oxygen atoms in total. The Morgan fingerprint density at radius 2 is 1.87 bits per heavy atom. The van der Waals surface area contributed by atoms with Crippen LogP contribution in [0.5, 0.6) is 0 Å². The smallest absolute Gasteiger partial charge is 0.137 e. The van der Waals surface area contributed by atoms with Gasteiger partial charge >= 0.3 is 0 Å². The average Bonchev–Trinajstić information content (AvgIpc) is 2.83. The third kappa shape index (κ3) is 2.04. The number of aldehydes is 1. The summed E-state index contributed by atoms with van der Waals surface area (Å²) >= 11 is 0. The van der Waals surface area contributed by atoms with Gasteiger partial charge in [0.25, 0.3) is 0 Å². The molecule has 0 aliphatic heterocycles. The molecule has 4 aliphatic carbocycles. The molecule has 0 spiro atoms. The van der Waals surface area contributed by atoms with Gasteiger partial charge in [-0.2, -0.15) is 0 Å². The zero-order valence-electron chi connectivity index (χ0n) is 14.5. The molecule has 0 heterocycles. The van der Waals surface area contributed by atoms with Crippen LogP contribution in [0.25, 0.3) is 0 Å². The van der Waals surface area contributed by atoms with Gasteiger partial charge < -0.3 is 9.90 Å². The fourth-order valence-corrected chi connectivity index (χ4v) is 7.31. The third-order valence-corrected chi connectivity index (χ3v) is 8.56. The van der Waals surface area contributed by atoms with Crippen LogP contribution in [0.4, 0.5) is 0 Å². The standard InChI is InChI=1S/C20H30O3/c1-19-8-7-14(22)9-12(19)3-5-15-16-6-4-13(11-21)20(16,2)10-17(23)18(15)19/h11-16,18,22H,3-10H2,1-2H3/t12?,13?,14?,15-,16-,18-,19-,20+/m0/s1. The fourth-order valence-electron chi connectivity index (χ4n) is 7.31. The van der Waals surface area contributed by atoms with E-state index in [1.54, 1.807) is 0 Å². The van der Waals surface area contributed by atoms with Gasteiger partial charge in [0.15, 0.2) is 0 Å². The van der Waals surface area contributed by atoms with Crippen LogP contribution in [0, 0.1) is 40.4 Å². The van der Waals surface area contributed by atoms with Crippen LogP contribution in [-0.4, -0.2) is 23.3 Å². The highest BCUT2D eigenvalue weighted by molar-refractivity contribution is 5.85. The van der Waals surface area contributed by atoms with Crippen LogP contribution in [0.2, 0.25) is 0 Å². The molecule has 0 saturated heterocycles. The fraction of sp³-hybridized carbons (Fsp3) is 0.900. The lowest BCUT2D eigenvalue weighted by atomic mass is 9.44. The van der Waals surface area contributed by atoms with Crippen molar-refractivity contribution < 1.29 is 14.7 Å². The molecule has 4 fully saturated rings. The van der Waals surface area contributed by atoms with Crippen molar-refractivity contribution in [1.82, 2.24) is 0 Å². The van der Waals surface area contributed by atoms with Crippen LogP contribution >= 0.6 is 0 Å². The summed E-state index contributed by atoms with van der Waals surface area (Å²) in [6.45, 7) is 4.53. The maximum Gasteiger partial charge on any atom is 0.137 e. The summed E-state index contributed by atoms with van der Waals surface area (Å²) in [5.41, 5.74) is -0.00277. The first-order chi connectivity index (χ1) is 10.9. The molecular weight excluding hydrogens is 288 g/mol. The van der Waals surface area contributed by atoms with Gasteiger partial charge in [-0.1, -0.05) is 13.8 Å². The maximum absolute atomic E-state index is 13.2. The molecule has 4 saturated carbocycles. The summed E-state index contributed by atoms with van der Waals surface area (Å²) in [6, 6.07) is 0. The second-order valence-corrected chi connectivity index (χ2v) is 9.43. The summed E-state index contributed by atoms with van der Waals surface area (Å²) in [7, 11) is 0. The molecule has 0 bridgehead atoms. The number of hydrogen-bond acceptors (Lipinski definition) is 3. The first-order valence-electron chi connectivity index (χ1n) is 9.56. The van der Waals surface area contributed by atoms with E-state index >= 15 is 0 Å². The van der Waals surface area contributed by atoms with Crippen LogP contribution in [0.3, 0.4) is 0 Å². The normalized spacial score (nSPS) is 55.7. The van der Waals surface area contributed by atoms with E-state index in [2.05, 4.69) is 13.8 Å². The predicted molar refractivity (Wildman–Crippen MR) is 87.7 cm³/mol. The van der Waals surface area contributed by atoms with Gasteiger partial charge in [0.1, 0.15) is 12.1 Å². The Morgan fingerprint density at radius 1 is 1.09 bits per heavy atom. The lowest BCUT2D eigenvalue weighted by molar-refractivity contribution is -0.161. The third-order valence-electron chi connectivity index (χ3n) is 8.56. The summed E-state index contributed by atoms with van der Waals surface area (Å²) in [5.74, 6) is 2.20. The number of Topliss-reactive ketones (excluding diaryl/α,β-unsaturated/α-hetero) is 1. The molecule has 0 aromatic rings. The molecule has 3 heteroatoms. The molecule has 1 N–H and O–H groups in total. The number of fused-ring (bicyclic) bond motifs is 5. The average molecular weight is 318 g/mol. The zero-order chi connectivity index (χ0) is 16.4. The molecule has 0 aromatic carbocycles. The van der Waals surface area contributed by atoms with Crippen LogP contribution < -0.4 is 0 Å². The van der Waals surface area contributed by atoms with Gasteiger partial charge in [-0.05, 0) is 73.5 Å².